The molecule has 1 aliphatic rings. The summed E-state index contributed by atoms with van der Waals surface area (Å²) < 4.78 is 25.2. The zero-order valence-corrected chi connectivity index (χ0v) is 16.6. The summed E-state index contributed by atoms with van der Waals surface area (Å²) in [5.74, 6) is -1.39. The normalized spacial score (nSPS) is 20.0. The van der Waals surface area contributed by atoms with Crippen molar-refractivity contribution < 1.29 is 33.4 Å². The summed E-state index contributed by atoms with van der Waals surface area (Å²) in [6.45, 7) is 1.92. The maximum Gasteiger partial charge on any atom is 0.290 e. The molecule has 0 saturated heterocycles. The number of carboxylic acid groups (broad SMARTS) is 1. The van der Waals surface area contributed by atoms with Gasteiger partial charge in [0.2, 0.25) is 5.91 Å². The standard InChI is InChI=1S/C18H21F2N5O3.CH2O2/c1-9-3-2-4-21-14(9)8-22-17(27)10-5-11(15(26)6-10)23-18(28)13-7-12(16(19)20)24-25-13;2-1-3/h2-4,7,10-11,15-16,26H,5-6,8H2,1H3,(H,22,27)(H,23,28)(H,24,25);1H,(H,2,3)/t10-,11+,15+;/m0./s1. The van der Waals surface area contributed by atoms with E-state index in [1.165, 1.54) is 0 Å². The molecule has 0 bridgehead atoms. The number of amides is 2. The lowest BCUT2D eigenvalue weighted by Gasteiger charge is -2.15. The van der Waals surface area contributed by atoms with E-state index < -0.39 is 36.1 Å². The highest BCUT2D eigenvalue weighted by atomic mass is 19.3. The molecular weight excluding hydrogens is 416 g/mol. The molecule has 1 fully saturated rings. The summed E-state index contributed by atoms with van der Waals surface area (Å²) >= 11 is 0. The minimum atomic E-state index is -2.76. The minimum Gasteiger partial charge on any atom is -0.483 e. The monoisotopic (exact) mass is 439 g/mol. The molecule has 2 aromatic rings. The number of nitrogens with one attached hydrogen (secondary N) is 3. The van der Waals surface area contributed by atoms with Crippen molar-refractivity contribution in [3.63, 3.8) is 0 Å². The van der Waals surface area contributed by atoms with E-state index >= 15 is 0 Å². The molecule has 10 nitrogen and oxygen atoms in total. The molecule has 1 saturated carbocycles. The quantitative estimate of drug-likeness (QED) is 0.419. The average molecular weight is 439 g/mol. The van der Waals surface area contributed by atoms with Crippen molar-refractivity contribution >= 4 is 18.3 Å². The number of nitrogens with zero attached hydrogens (tertiary/aromatic N) is 2. The Balaban J connectivity index is 0.00000107. The van der Waals surface area contributed by atoms with Crippen LogP contribution in [-0.4, -0.2) is 55.8 Å². The number of aryl methyl sites for hydroxylation is 1. The first-order valence-electron chi connectivity index (χ1n) is 9.35. The van der Waals surface area contributed by atoms with Gasteiger partial charge in [-0.25, -0.2) is 8.78 Å². The van der Waals surface area contributed by atoms with Crippen LogP contribution in [0.2, 0.25) is 0 Å². The molecule has 3 rings (SSSR count). The zero-order chi connectivity index (χ0) is 23.0. The van der Waals surface area contributed by atoms with Crippen molar-refractivity contribution in [1.82, 2.24) is 25.8 Å². The largest absolute Gasteiger partial charge is 0.483 e. The van der Waals surface area contributed by atoms with Crippen molar-refractivity contribution in [2.75, 3.05) is 0 Å². The molecule has 0 aromatic carbocycles. The van der Waals surface area contributed by atoms with Gasteiger partial charge in [0.05, 0.1) is 24.4 Å². The second kappa shape index (κ2) is 11.1. The van der Waals surface area contributed by atoms with Crippen LogP contribution < -0.4 is 10.6 Å². The molecule has 31 heavy (non-hydrogen) atoms. The lowest BCUT2D eigenvalue weighted by atomic mass is 10.1. The fourth-order valence-corrected chi connectivity index (χ4v) is 3.21. The van der Waals surface area contributed by atoms with Crippen LogP contribution in [0.4, 0.5) is 8.78 Å². The molecule has 0 radical (unpaired) electrons. The molecule has 0 unspecified atom stereocenters. The topological polar surface area (TPSA) is 157 Å². The second-order valence-corrected chi connectivity index (χ2v) is 6.92. The van der Waals surface area contributed by atoms with Crippen LogP contribution in [0, 0.1) is 12.8 Å². The van der Waals surface area contributed by atoms with Crippen LogP contribution in [0.5, 0.6) is 0 Å². The predicted octanol–water partition coefficient (Wildman–Crippen LogP) is 0.937. The lowest BCUT2D eigenvalue weighted by molar-refractivity contribution is -0.125. The smallest absolute Gasteiger partial charge is 0.290 e. The number of hydrogen-bond donors (Lipinski definition) is 5. The summed E-state index contributed by atoms with van der Waals surface area (Å²) in [7, 11) is 0. The zero-order valence-electron chi connectivity index (χ0n) is 16.6. The van der Waals surface area contributed by atoms with Crippen LogP contribution in [-0.2, 0) is 16.1 Å². The molecule has 3 atom stereocenters. The van der Waals surface area contributed by atoms with E-state index in [-0.39, 0.29) is 37.5 Å². The van der Waals surface area contributed by atoms with Gasteiger partial charge in [-0.15, -0.1) is 0 Å². The Morgan fingerprint density at radius 3 is 2.71 bits per heavy atom. The molecule has 0 aliphatic heterocycles. The number of rotatable bonds is 6. The van der Waals surface area contributed by atoms with Gasteiger partial charge in [0.15, 0.2) is 0 Å². The van der Waals surface area contributed by atoms with Crippen LogP contribution in [0.25, 0.3) is 0 Å². The number of H-pyrrole nitrogens is 1. The number of pyridine rings is 1. The number of aliphatic hydroxyl groups excluding tert-OH is 1. The number of carbonyl (C=O) groups is 3. The number of aromatic nitrogens is 3. The van der Waals surface area contributed by atoms with E-state index in [1.54, 1.807) is 6.20 Å². The van der Waals surface area contributed by atoms with Crippen molar-refractivity contribution in [2.24, 2.45) is 5.92 Å². The van der Waals surface area contributed by atoms with Crippen molar-refractivity contribution in [2.45, 2.75) is 44.9 Å². The van der Waals surface area contributed by atoms with Crippen molar-refractivity contribution in [3.8, 4) is 0 Å². The molecule has 2 heterocycles. The summed E-state index contributed by atoms with van der Waals surface area (Å²) in [6, 6.07) is 4.01. The number of aromatic amines is 1. The Morgan fingerprint density at radius 2 is 2.10 bits per heavy atom. The SMILES string of the molecule is Cc1cccnc1CNC(=O)[C@@H]1C[C@@H](O)[C@H](NC(=O)c2cc(C(F)F)[nH]n2)C1.O=CO. The number of carbonyl (C=O) groups excluding carboxylic acids is 2. The molecule has 168 valence electrons. The van der Waals surface area contributed by atoms with E-state index in [9.17, 15) is 23.5 Å². The molecule has 0 spiro atoms. The third-order valence-electron chi connectivity index (χ3n) is 4.83. The third-order valence-corrected chi connectivity index (χ3v) is 4.83. The van der Waals surface area contributed by atoms with Gasteiger partial charge < -0.3 is 20.8 Å². The number of alkyl halides is 2. The number of halogens is 2. The Kier molecular flexibility index (Phi) is 8.55. The molecule has 5 N–H and O–H groups in total. The van der Waals surface area contributed by atoms with Gasteiger partial charge in [0.1, 0.15) is 11.4 Å². The average Bonchev–Trinajstić information content (AvgIpc) is 3.36. The first-order chi connectivity index (χ1) is 14.8. The van der Waals surface area contributed by atoms with Gasteiger partial charge >= 0.3 is 0 Å². The molecule has 2 amide bonds. The highest BCUT2D eigenvalue weighted by Gasteiger charge is 2.38. The predicted molar refractivity (Wildman–Crippen MR) is 103 cm³/mol. The molecule has 2 aromatic heterocycles. The summed E-state index contributed by atoms with van der Waals surface area (Å²) in [5.41, 5.74) is 1.06. The Bertz CT molecular complexity index is 907. The first kappa shape index (κ1) is 23.9. The van der Waals surface area contributed by atoms with E-state index in [1.807, 2.05) is 19.1 Å². The fraction of sp³-hybridized carbons (Fsp3) is 0.421. The van der Waals surface area contributed by atoms with Crippen LogP contribution >= 0.6 is 0 Å². The third kappa shape index (κ3) is 6.54. The van der Waals surface area contributed by atoms with E-state index in [4.69, 9.17) is 9.90 Å². The summed E-state index contributed by atoms with van der Waals surface area (Å²) in [5, 5.41) is 28.1. The van der Waals surface area contributed by atoms with Gasteiger partial charge in [-0.3, -0.25) is 24.5 Å². The Morgan fingerprint density at radius 1 is 1.39 bits per heavy atom. The van der Waals surface area contributed by atoms with Crippen LogP contribution in [0.15, 0.2) is 24.4 Å². The second-order valence-electron chi connectivity index (χ2n) is 6.92. The molecular formula is C19H23F2N5O5. The maximum atomic E-state index is 12.6. The van der Waals surface area contributed by atoms with Crippen LogP contribution in [0.3, 0.4) is 0 Å². The molecule has 12 heteroatoms. The van der Waals surface area contributed by atoms with Gasteiger partial charge in [-0.1, -0.05) is 6.07 Å². The van der Waals surface area contributed by atoms with Gasteiger partial charge in [0.25, 0.3) is 18.8 Å². The van der Waals surface area contributed by atoms with Gasteiger partial charge in [-0.2, -0.15) is 5.10 Å². The van der Waals surface area contributed by atoms with Crippen LogP contribution in [0.1, 0.15) is 46.7 Å². The van der Waals surface area contributed by atoms with E-state index in [0.29, 0.717) is 0 Å². The minimum absolute atomic E-state index is 0.193. The van der Waals surface area contributed by atoms with E-state index in [2.05, 4.69) is 25.8 Å². The highest BCUT2D eigenvalue weighted by molar-refractivity contribution is 5.92. The Hall–Kier alpha value is -3.41. The summed E-state index contributed by atoms with van der Waals surface area (Å²) in [6.07, 6.45) is -1.59. The maximum absolute atomic E-state index is 12.6. The van der Waals surface area contributed by atoms with Crippen molar-refractivity contribution in [3.05, 3.63) is 47.0 Å². The van der Waals surface area contributed by atoms with E-state index in [0.717, 1.165) is 17.3 Å². The summed E-state index contributed by atoms with van der Waals surface area (Å²) in [4.78, 5) is 37.1. The highest BCUT2D eigenvalue weighted by Crippen LogP contribution is 2.27. The fourth-order valence-electron chi connectivity index (χ4n) is 3.21. The van der Waals surface area contributed by atoms with Crippen molar-refractivity contribution in [1.29, 1.82) is 0 Å². The Labute approximate surface area is 176 Å². The first-order valence-corrected chi connectivity index (χ1v) is 9.35. The molecule has 1 aliphatic carbocycles. The van der Waals surface area contributed by atoms with Gasteiger partial charge in [-0.05, 0) is 37.5 Å². The number of aliphatic hydroxyl groups is 1. The lowest BCUT2D eigenvalue weighted by Crippen LogP contribution is -2.40. The number of hydrogen-bond acceptors (Lipinski definition) is 6. The van der Waals surface area contributed by atoms with Gasteiger partial charge in [0, 0.05) is 12.1 Å².